The van der Waals surface area contributed by atoms with Gasteiger partial charge in [-0.15, -0.1) is 11.6 Å². The second kappa shape index (κ2) is 8.87. The molecule has 0 rings (SSSR count). The fourth-order valence-electron chi connectivity index (χ4n) is 0. The van der Waals surface area contributed by atoms with E-state index in [1.54, 1.807) is 0 Å². The smallest absolute Gasteiger partial charge is 1.00 e. The first kappa shape index (κ1) is 9.33. The second-order valence-corrected chi connectivity index (χ2v) is 0.802. The molecule has 0 spiro atoms. The van der Waals surface area contributed by atoms with Gasteiger partial charge >= 0.3 is 51.4 Å². The van der Waals surface area contributed by atoms with E-state index in [9.17, 15) is 0 Å². The van der Waals surface area contributed by atoms with Gasteiger partial charge in [-0.2, -0.15) is 0 Å². The minimum absolute atomic E-state index is 0. The first-order valence-electron chi connectivity index (χ1n) is 0.974. The van der Waals surface area contributed by atoms with Crippen molar-refractivity contribution in [2.75, 3.05) is 5.88 Å². The van der Waals surface area contributed by atoms with E-state index in [-0.39, 0.29) is 52.8 Å². The molecule has 0 saturated carbocycles. The van der Waals surface area contributed by atoms with Crippen LogP contribution in [0.25, 0.3) is 0 Å². The van der Waals surface area contributed by atoms with E-state index in [4.69, 9.17) is 11.6 Å². The fourth-order valence-corrected chi connectivity index (χ4v) is 0. The molecule has 0 bridgehead atoms. The fraction of sp³-hybridized carbons (Fsp3) is 1.00. The SMILES string of the molecule is CCCl.[H-].[K+]. The molecule has 22 valence electrons. The van der Waals surface area contributed by atoms with E-state index in [2.05, 4.69) is 0 Å². The quantitative estimate of drug-likeness (QED) is 0.256. The molecule has 0 aliphatic heterocycles. The van der Waals surface area contributed by atoms with Crippen LogP contribution in [0.4, 0.5) is 0 Å². The van der Waals surface area contributed by atoms with Crippen molar-refractivity contribution >= 4 is 11.6 Å². The summed E-state index contributed by atoms with van der Waals surface area (Å²) in [4.78, 5) is 0. The summed E-state index contributed by atoms with van der Waals surface area (Å²) in [6.07, 6.45) is 0. The van der Waals surface area contributed by atoms with Crippen LogP contribution in [-0.2, 0) is 0 Å². The van der Waals surface area contributed by atoms with Gasteiger partial charge in [-0.05, 0) is 0 Å². The first-order valence-corrected chi connectivity index (χ1v) is 1.51. The van der Waals surface area contributed by atoms with Crippen LogP contribution in [0, 0.1) is 0 Å². The monoisotopic (exact) mass is 104 g/mol. The van der Waals surface area contributed by atoms with Crippen molar-refractivity contribution in [1.82, 2.24) is 0 Å². The maximum absolute atomic E-state index is 5.00. The molecule has 0 nitrogen and oxygen atoms in total. The molecular weight excluding hydrogens is 98.6 g/mol. The maximum Gasteiger partial charge on any atom is 1.00 e. The van der Waals surface area contributed by atoms with Gasteiger partial charge < -0.3 is 1.43 Å². The molecule has 4 heavy (non-hydrogen) atoms. The molecular formula is C2H6ClK. The Balaban J connectivity index is -0.0000000200. The summed E-state index contributed by atoms with van der Waals surface area (Å²) in [6.45, 7) is 1.89. The van der Waals surface area contributed by atoms with Gasteiger partial charge in [0.1, 0.15) is 0 Å². The van der Waals surface area contributed by atoms with Crippen molar-refractivity contribution in [3.05, 3.63) is 0 Å². The predicted octanol–water partition coefficient (Wildman–Crippen LogP) is -1.64. The number of hydrogen-bond donors (Lipinski definition) is 0. The summed E-state index contributed by atoms with van der Waals surface area (Å²) in [6, 6.07) is 0. The van der Waals surface area contributed by atoms with Crippen LogP contribution in [0.1, 0.15) is 8.35 Å². The Morgan fingerprint density at radius 1 is 2.00 bits per heavy atom. The molecule has 0 heterocycles. The van der Waals surface area contributed by atoms with Gasteiger partial charge in [-0.1, -0.05) is 6.92 Å². The van der Waals surface area contributed by atoms with Gasteiger partial charge in [-0.25, -0.2) is 0 Å². The molecule has 0 unspecified atom stereocenters. The third-order valence-electron chi connectivity index (χ3n) is 0. The van der Waals surface area contributed by atoms with E-state index in [0.717, 1.165) is 5.88 Å². The minimum atomic E-state index is 0. The van der Waals surface area contributed by atoms with Crippen LogP contribution < -0.4 is 51.4 Å². The predicted molar refractivity (Wildman–Crippen MR) is 17.5 cm³/mol. The average Bonchev–Trinajstić information content (AvgIpc) is 0.918. The zero-order chi connectivity index (χ0) is 2.71. The molecule has 0 radical (unpaired) electrons. The van der Waals surface area contributed by atoms with Crippen LogP contribution in [0.3, 0.4) is 0 Å². The summed E-state index contributed by atoms with van der Waals surface area (Å²) in [5.74, 6) is 0.722. The van der Waals surface area contributed by atoms with Crippen molar-refractivity contribution in [1.29, 1.82) is 0 Å². The van der Waals surface area contributed by atoms with Crippen molar-refractivity contribution in [3.8, 4) is 0 Å². The summed E-state index contributed by atoms with van der Waals surface area (Å²) < 4.78 is 0. The van der Waals surface area contributed by atoms with E-state index >= 15 is 0 Å². The Morgan fingerprint density at radius 3 is 2.00 bits per heavy atom. The minimum Gasteiger partial charge on any atom is -1.00 e. The molecule has 0 aliphatic carbocycles. The van der Waals surface area contributed by atoms with Crippen LogP contribution >= 0.6 is 11.6 Å². The Morgan fingerprint density at radius 2 is 2.00 bits per heavy atom. The largest absolute Gasteiger partial charge is 1.00 e. The van der Waals surface area contributed by atoms with Crippen molar-refractivity contribution in [3.63, 3.8) is 0 Å². The van der Waals surface area contributed by atoms with Crippen molar-refractivity contribution < 1.29 is 52.8 Å². The molecule has 0 aromatic carbocycles. The van der Waals surface area contributed by atoms with Crippen molar-refractivity contribution in [2.45, 2.75) is 6.92 Å². The van der Waals surface area contributed by atoms with E-state index in [0.29, 0.717) is 0 Å². The summed E-state index contributed by atoms with van der Waals surface area (Å²) in [5.41, 5.74) is 0. The standard InChI is InChI=1S/C2H5Cl.K.H/c1-2-3;;/h2H2,1H3;;/q;+1;-1. The normalized spacial score (nSPS) is 4.50. The third kappa shape index (κ3) is 9.06. The summed E-state index contributed by atoms with van der Waals surface area (Å²) >= 11 is 5.00. The summed E-state index contributed by atoms with van der Waals surface area (Å²) in [7, 11) is 0. The van der Waals surface area contributed by atoms with E-state index in [1.165, 1.54) is 0 Å². The molecule has 0 saturated heterocycles. The number of alkyl halides is 1. The number of rotatable bonds is 0. The molecule has 0 fully saturated rings. The van der Waals surface area contributed by atoms with Gasteiger partial charge in [0.05, 0.1) is 0 Å². The first-order chi connectivity index (χ1) is 1.41. The third-order valence-corrected chi connectivity index (χ3v) is 0. The Hall–Kier alpha value is 1.93. The molecule has 2 heteroatoms. The molecule has 0 aromatic heterocycles. The molecule has 0 aromatic rings. The zero-order valence-corrected chi connectivity index (χ0v) is 6.96. The van der Waals surface area contributed by atoms with Gasteiger partial charge in [0, 0.05) is 5.88 Å². The maximum atomic E-state index is 5.00. The zero-order valence-electron chi connectivity index (χ0n) is 4.09. The summed E-state index contributed by atoms with van der Waals surface area (Å²) in [5, 5.41) is 0. The van der Waals surface area contributed by atoms with Crippen LogP contribution in [-0.4, -0.2) is 5.88 Å². The molecule has 0 N–H and O–H groups in total. The Bertz CT molecular complexity index is 9.61. The molecule has 0 amide bonds. The van der Waals surface area contributed by atoms with Crippen LogP contribution in [0.2, 0.25) is 0 Å². The van der Waals surface area contributed by atoms with Gasteiger partial charge in [0.2, 0.25) is 0 Å². The second-order valence-electron chi connectivity index (χ2n) is 0.267. The van der Waals surface area contributed by atoms with Crippen LogP contribution in [0.15, 0.2) is 0 Å². The Kier molecular flexibility index (Phi) is 20.7. The van der Waals surface area contributed by atoms with Gasteiger partial charge in [0.25, 0.3) is 0 Å². The number of halogens is 1. The van der Waals surface area contributed by atoms with Gasteiger partial charge in [-0.3, -0.25) is 0 Å². The molecule has 0 aliphatic rings. The van der Waals surface area contributed by atoms with Crippen molar-refractivity contribution in [2.24, 2.45) is 0 Å². The topological polar surface area (TPSA) is 0 Å². The number of hydrogen-bond acceptors (Lipinski definition) is 0. The van der Waals surface area contributed by atoms with Crippen LogP contribution in [0.5, 0.6) is 0 Å². The van der Waals surface area contributed by atoms with E-state index in [1.807, 2.05) is 6.92 Å². The molecule has 0 atom stereocenters. The average molecular weight is 105 g/mol. The van der Waals surface area contributed by atoms with E-state index < -0.39 is 0 Å². The Labute approximate surface area is 75.8 Å². The van der Waals surface area contributed by atoms with Gasteiger partial charge in [0.15, 0.2) is 0 Å².